The molecule has 0 aliphatic heterocycles. The minimum atomic E-state index is 1.16. The van der Waals surface area contributed by atoms with E-state index in [-0.39, 0.29) is 0 Å². The summed E-state index contributed by atoms with van der Waals surface area (Å²) in [6.07, 6.45) is 0. The van der Waals surface area contributed by atoms with Gasteiger partial charge in [0.05, 0.1) is 26.8 Å². The van der Waals surface area contributed by atoms with E-state index in [2.05, 4.69) is 203 Å². The summed E-state index contributed by atoms with van der Waals surface area (Å²) < 4.78 is 7.56. The highest BCUT2D eigenvalue weighted by Gasteiger charge is 2.23. The summed E-state index contributed by atoms with van der Waals surface area (Å²) in [6.45, 7) is 0. The van der Waals surface area contributed by atoms with Crippen LogP contribution in [0.15, 0.2) is 194 Å². The smallest absolute Gasteiger partial charge is 0.0726 e. The minimum Gasteiger partial charge on any atom is -0.309 e. The van der Waals surface area contributed by atoms with Crippen molar-refractivity contribution in [1.29, 1.82) is 0 Å². The summed E-state index contributed by atoms with van der Waals surface area (Å²) in [7, 11) is 0. The van der Waals surface area contributed by atoms with Crippen molar-refractivity contribution < 1.29 is 0 Å². The third-order valence-electron chi connectivity index (χ3n) is 11.5. The highest BCUT2D eigenvalue weighted by atomic mass is 32.1. The first kappa shape index (κ1) is 30.5. The first-order valence-electron chi connectivity index (χ1n) is 18.8. The molecule has 12 rings (SSSR count). The van der Waals surface area contributed by atoms with Crippen LogP contribution in [0.5, 0.6) is 0 Å². The van der Waals surface area contributed by atoms with Gasteiger partial charge in [-0.05, 0) is 93.7 Å². The fourth-order valence-corrected chi connectivity index (χ4v) is 10.2. The summed E-state index contributed by atoms with van der Waals surface area (Å²) in [5.74, 6) is 0. The van der Waals surface area contributed by atoms with Gasteiger partial charge in [-0.1, -0.05) is 133 Å². The zero-order valence-corrected chi connectivity index (χ0v) is 30.6. The molecule has 0 fully saturated rings. The van der Waals surface area contributed by atoms with Crippen LogP contribution in [0.2, 0.25) is 0 Å². The van der Waals surface area contributed by atoms with Crippen molar-refractivity contribution in [2.24, 2.45) is 0 Å². The molecular formula is C52H32N2S. The number of benzene rings is 9. The molecule has 0 atom stereocenters. The lowest BCUT2D eigenvalue weighted by Crippen LogP contribution is -1.94. The summed E-state index contributed by atoms with van der Waals surface area (Å²) in [5.41, 5.74) is 12.2. The summed E-state index contributed by atoms with van der Waals surface area (Å²) in [6, 6.07) is 71.4. The molecule has 55 heavy (non-hydrogen) atoms. The van der Waals surface area contributed by atoms with Crippen molar-refractivity contribution in [3.63, 3.8) is 0 Å². The molecule has 0 amide bonds. The molecule has 0 aliphatic carbocycles. The fourth-order valence-electron chi connectivity index (χ4n) is 8.99. The molecule has 2 nitrogen and oxygen atoms in total. The molecule has 256 valence electrons. The quantitative estimate of drug-likeness (QED) is 0.172. The van der Waals surface area contributed by atoms with Crippen LogP contribution in [0.4, 0.5) is 0 Å². The Bertz CT molecular complexity index is 3470. The maximum Gasteiger partial charge on any atom is 0.0726 e. The molecule has 0 unspecified atom stereocenters. The van der Waals surface area contributed by atoms with E-state index in [1.165, 1.54) is 102 Å². The number of fused-ring (bicyclic) bond motifs is 11. The molecule has 3 aromatic heterocycles. The Labute approximate surface area is 321 Å². The van der Waals surface area contributed by atoms with Crippen molar-refractivity contribution in [1.82, 2.24) is 9.13 Å². The minimum absolute atomic E-state index is 1.16. The molecule has 0 N–H and O–H groups in total. The highest BCUT2D eigenvalue weighted by Crippen LogP contribution is 2.48. The van der Waals surface area contributed by atoms with Crippen molar-refractivity contribution in [2.45, 2.75) is 0 Å². The van der Waals surface area contributed by atoms with Gasteiger partial charge < -0.3 is 9.13 Å². The second-order valence-electron chi connectivity index (χ2n) is 14.5. The van der Waals surface area contributed by atoms with E-state index in [4.69, 9.17) is 0 Å². The normalized spacial score (nSPS) is 12.0. The predicted octanol–water partition coefficient (Wildman–Crippen LogP) is 14.7. The predicted molar refractivity (Wildman–Crippen MR) is 236 cm³/mol. The second-order valence-corrected chi connectivity index (χ2v) is 15.6. The van der Waals surface area contributed by atoms with Crippen LogP contribution >= 0.6 is 11.3 Å². The summed E-state index contributed by atoms with van der Waals surface area (Å²) in [4.78, 5) is 0. The maximum absolute atomic E-state index is 2.50. The summed E-state index contributed by atoms with van der Waals surface area (Å²) >= 11 is 1.90. The average Bonchev–Trinajstić information content (AvgIpc) is 3.91. The number of aromatic nitrogens is 2. The van der Waals surface area contributed by atoms with Crippen LogP contribution in [0.25, 0.3) is 108 Å². The molecular weight excluding hydrogens is 685 g/mol. The number of para-hydroxylation sites is 2. The fraction of sp³-hybridized carbons (Fsp3) is 0. The lowest BCUT2D eigenvalue weighted by Gasteiger charge is -2.12. The molecule has 0 saturated heterocycles. The zero-order chi connectivity index (χ0) is 36.0. The van der Waals surface area contributed by atoms with Gasteiger partial charge in [-0.15, -0.1) is 11.3 Å². The van der Waals surface area contributed by atoms with Gasteiger partial charge in [0.1, 0.15) is 0 Å². The molecule has 12 aromatic rings. The van der Waals surface area contributed by atoms with E-state index in [1.807, 2.05) is 11.3 Å². The largest absolute Gasteiger partial charge is 0.309 e. The lowest BCUT2D eigenvalue weighted by molar-refractivity contribution is 1.19. The van der Waals surface area contributed by atoms with E-state index in [0.717, 1.165) is 5.69 Å². The van der Waals surface area contributed by atoms with Gasteiger partial charge in [0.25, 0.3) is 0 Å². The molecule has 3 heterocycles. The van der Waals surface area contributed by atoms with Crippen LogP contribution in [0, 0.1) is 0 Å². The lowest BCUT2D eigenvalue weighted by atomic mass is 9.95. The van der Waals surface area contributed by atoms with Crippen molar-refractivity contribution in [3.05, 3.63) is 194 Å². The van der Waals surface area contributed by atoms with Gasteiger partial charge in [0.15, 0.2) is 0 Å². The monoisotopic (exact) mass is 716 g/mol. The van der Waals surface area contributed by atoms with Gasteiger partial charge in [-0.2, -0.15) is 0 Å². The van der Waals surface area contributed by atoms with Gasteiger partial charge in [0, 0.05) is 48.4 Å². The third kappa shape index (κ3) is 4.54. The zero-order valence-electron chi connectivity index (χ0n) is 29.8. The van der Waals surface area contributed by atoms with Gasteiger partial charge in [0.2, 0.25) is 0 Å². The number of rotatable bonds is 4. The Hall–Kier alpha value is -6.94. The Morgan fingerprint density at radius 2 is 0.964 bits per heavy atom. The average molecular weight is 717 g/mol. The van der Waals surface area contributed by atoms with Crippen LogP contribution < -0.4 is 0 Å². The van der Waals surface area contributed by atoms with Gasteiger partial charge >= 0.3 is 0 Å². The Kier molecular flexibility index (Phi) is 6.54. The van der Waals surface area contributed by atoms with E-state index < -0.39 is 0 Å². The van der Waals surface area contributed by atoms with Crippen LogP contribution in [0.3, 0.4) is 0 Å². The molecule has 0 bridgehead atoms. The number of hydrogen-bond acceptors (Lipinski definition) is 1. The molecule has 0 spiro atoms. The van der Waals surface area contributed by atoms with Crippen molar-refractivity contribution >= 4 is 85.9 Å². The standard InChI is InChI=1S/C52H32N2S/c1-2-12-33(13-3-1)35-22-26-38(27-23-35)54-47-20-10-7-18-42(47)50-43(32-45-41-17-8-11-21-49(41)55-52(45)51(50)54)37-25-29-48-44(31-37)40-16-6-9-19-46(40)53(48)39-28-24-34-14-4-5-15-36(34)30-39/h1-32H. The van der Waals surface area contributed by atoms with E-state index in [9.17, 15) is 0 Å². The topological polar surface area (TPSA) is 9.86 Å². The van der Waals surface area contributed by atoms with Crippen LogP contribution in [0.1, 0.15) is 0 Å². The number of nitrogens with zero attached hydrogens (tertiary/aromatic N) is 2. The van der Waals surface area contributed by atoms with E-state index >= 15 is 0 Å². The number of thiophene rings is 1. The van der Waals surface area contributed by atoms with Gasteiger partial charge in [-0.3, -0.25) is 0 Å². The Morgan fingerprint density at radius 1 is 0.345 bits per heavy atom. The maximum atomic E-state index is 2.50. The van der Waals surface area contributed by atoms with Crippen LogP contribution in [-0.4, -0.2) is 9.13 Å². The Balaban J connectivity index is 1.16. The third-order valence-corrected chi connectivity index (χ3v) is 12.7. The van der Waals surface area contributed by atoms with Crippen molar-refractivity contribution in [3.8, 4) is 33.6 Å². The SMILES string of the molecule is c1ccc(-c2ccc(-n3c4ccccc4c4c(-c5ccc6c(c5)c5ccccc5n6-c5ccc6ccccc6c5)cc5c6ccccc6sc5c43)cc2)cc1. The molecule has 0 radical (unpaired) electrons. The number of hydrogen-bond donors (Lipinski definition) is 0. The molecule has 0 aliphatic rings. The molecule has 3 heteroatoms. The van der Waals surface area contributed by atoms with Crippen molar-refractivity contribution in [2.75, 3.05) is 0 Å². The van der Waals surface area contributed by atoms with Crippen LogP contribution in [-0.2, 0) is 0 Å². The summed E-state index contributed by atoms with van der Waals surface area (Å²) in [5, 5.41) is 10.2. The molecule has 9 aromatic carbocycles. The first-order valence-corrected chi connectivity index (χ1v) is 19.7. The Morgan fingerprint density at radius 3 is 1.80 bits per heavy atom. The van der Waals surface area contributed by atoms with E-state index in [1.54, 1.807) is 0 Å². The van der Waals surface area contributed by atoms with Gasteiger partial charge in [-0.25, -0.2) is 0 Å². The van der Waals surface area contributed by atoms with E-state index in [0.29, 0.717) is 0 Å². The molecule has 0 saturated carbocycles. The first-order chi connectivity index (χ1) is 27.3. The highest BCUT2D eigenvalue weighted by molar-refractivity contribution is 7.26. The second kappa shape index (κ2) is 11.8.